The molecule has 134 valence electrons. The molecule has 1 aromatic carbocycles. The second-order valence-corrected chi connectivity index (χ2v) is 7.71. The van der Waals surface area contributed by atoms with Crippen LogP contribution in [0.1, 0.15) is 23.1 Å². The number of nitrogens with zero attached hydrogens (tertiary/aromatic N) is 1. The van der Waals surface area contributed by atoms with Gasteiger partial charge in [0.05, 0.1) is 25.9 Å². The van der Waals surface area contributed by atoms with Crippen LogP contribution in [0.4, 0.5) is 0 Å². The molecular weight excluding hydrogens is 318 g/mol. The third kappa shape index (κ3) is 2.75. The van der Waals surface area contributed by atoms with Gasteiger partial charge in [0.2, 0.25) is 5.91 Å². The van der Waals surface area contributed by atoms with Crippen molar-refractivity contribution in [3.05, 3.63) is 35.1 Å². The van der Waals surface area contributed by atoms with Crippen LogP contribution in [0.3, 0.4) is 0 Å². The van der Waals surface area contributed by atoms with Gasteiger partial charge < -0.3 is 19.2 Å². The van der Waals surface area contributed by atoms with E-state index >= 15 is 0 Å². The minimum atomic E-state index is -0.181. The van der Waals surface area contributed by atoms with E-state index in [-0.39, 0.29) is 23.8 Å². The first kappa shape index (κ1) is 16.6. The first-order valence-electron chi connectivity index (χ1n) is 8.96. The van der Waals surface area contributed by atoms with Crippen LogP contribution in [0, 0.1) is 25.2 Å². The number of fused-ring (bicyclic) bond motifs is 2. The largest absolute Gasteiger partial charge is 0.464 e. The number of hydrogen-bond donors (Lipinski definition) is 1. The molecule has 0 spiro atoms. The van der Waals surface area contributed by atoms with E-state index in [9.17, 15) is 9.90 Å². The summed E-state index contributed by atoms with van der Waals surface area (Å²) in [7, 11) is 0. The van der Waals surface area contributed by atoms with Crippen molar-refractivity contribution >= 4 is 16.9 Å². The van der Waals surface area contributed by atoms with E-state index in [0.717, 1.165) is 34.1 Å². The van der Waals surface area contributed by atoms with Gasteiger partial charge in [-0.1, -0.05) is 6.07 Å². The van der Waals surface area contributed by atoms with Crippen molar-refractivity contribution in [2.45, 2.75) is 26.7 Å². The SMILES string of the molecule is Cc1cc(C)c2c(CC(=O)N3C[C@@H]4COCC[C@]4(CO)C3)coc2c1. The highest BCUT2D eigenvalue weighted by molar-refractivity contribution is 5.90. The van der Waals surface area contributed by atoms with Gasteiger partial charge in [-0.25, -0.2) is 0 Å². The first-order valence-corrected chi connectivity index (χ1v) is 8.96. The second-order valence-electron chi connectivity index (χ2n) is 7.71. The average Bonchev–Trinajstić information content (AvgIpc) is 3.16. The molecule has 3 heterocycles. The molecule has 4 rings (SSSR count). The zero-order valence-corrected chi connectivity index (χ0v) is 14.9. The van der Waals surface area contributed by atoms with Gasteiger partial charge in [-0.15, -0.1) is 0 Å². The van der Waals surface area contributed by atoms with Gasteiger partial charge in [0.25, 0.3) is 0 Å². The van der Waals surface area contributed by atoms with Gasteiger partial charge in [-0.2, -0.15) is 0 Å². The number of carbonyl (C=O) groups is 1. The van der Waals surface area contributed by atoms with Crippen molar-refractivity contribution in [1.82, 2.24) is 4.90 Å². The molecule has 1 N–H and O–H groups in total. The molecule has 2 atom stereocenters. The quantitative estimate of drug-likeness (QED) is 0.930. The molecule has 1 aromatic heterocycles. The summed E-state index contributed by atoms with van der Waals surface area (Å²) in [6, 6.07) is 4.13. The zero-order chi connectivity index (χ0) is 17.6. The molecule has 5 heteroatoms. The van der Waals surface area contributed by atoms with Gasteiger partial charge >= 0.3 is 0 Å². The van der Waals surface area contributed by atoms with E-state index in [0.29, 0.717) is 32.7 Å². The fraction of sp³-hybridized carbons (Fsp3) is 0.550. The molecule has 2 aromatic rings. The second kappa shape index (κ2) is 6.15. The molecule has 0 unspecified atom stereocenters. The van der Waals surface area contributed by atoms with Crippen molar-refractivity contribution in [1.29, 1.82) is 0 Å². The molecular formula is C20H25NO4. The van der Waals surface area contributed by atoms with E-state index < -0.39 is 0 Å². The maximum absolute atomic E-state index is 12.9. The van der Waals surface area contributed by atoms with Gasteiger partial charge in [0.1, 0.15) is 5.58 Å². The van der Waals surface area contributed by atoms with Crippen molar-refractivity contribution in [2.75, 3.05) is 32.9 Å². The van der Waals surface area contributed by atoms with E-state index in [1.54, 1.807) is 6.26 Å². The highest BCUT2D eigenvalue weighted by Crippen LogP contribution is 2.42. The Morgan fingerprint density at radius 3 is 3.00 bits per heavy atom. The summed E-state index contributed by atoms with van der Waals surface area (Å²) < 4.78 is 11.2. The standard InChI is InChI=1S/C20H25NO4/c1-13-5-14(2)19-15(9-25-17(19)6-13)7-18(23)21-8-16-10-24-4-3-20(16,11-21)12-22/h5-6,9,16,22H,3-4,7-8,10-12H2,1-2H3/t16-,20-/m1/s1. The lowest BCUT2D eigenvalue weighted by atomic mass is 9.75. The Morgan fingerprint density at radius 1 is 1.40 bits per heavy atom. The number of carbonyl (C=O) groups excluding carboxylic acids is 1. The van der Waals surface area contributed by atoms with Gasteiger partial charge in [-0.05, 0) is 37.5 Å². The van der Waals surface area contributed by atoms with E-state index in [4.69, 9.17) is 9.15 Å². The number of hydrogen-bond acceptors (Lipinski definition) is 4. The Morgan fingerprint density at radius 2 is 2.24 bits per heavy atom. The first-order chi connectivity index (χ1) is 12.0. The van der Waals surface area contributed by atoms with Crippen LogP contribution in [0.2, 0.25) is 0 Å². The Kier molecular flexibility index (Phi) is 4.08. The highest BCUT2D eigenvalue weighted by atomic mass is 16.5. The average molecular weight is 343 g/mol. The van der Waals surface area contributed by atoms with Crippen LogP contribution in [-0.2, 0) is 16.0 Å². The summed E-state index contributed by atoms with van der Waals surface area (Å²) in [6.45, 7) is 6.83. The lowest BCUT2D eigenvalue weighted by Gasteiger charge is -2.36. The number of aliphatic hydroxyl groups is 1. The number of benzene rings is 1. The van der Waals surface area contributed by atoms with Crippen LogP contribution in [0.25, 0.3) is 11.0 Å². The zero-order valence-electron chi connectivity index (χ0n) is 14.9. The van der Waals surface area contributed by atoms with Crippen LogP contribution in [-0.4, -0.2) is 48.8 Å². The van der Waals surface area contributed by atoms with Crippen molar-refractivity contribution in [3.8, 4) is 0 Å². The number of aryl methyl sites for hydroxylation is 2. The fourth-order valence-electron chi connectivity index (χ4n) is 4.53. The molecule has 0 saturated carbocycles. The monoisotopic (exact) mass is 343 g/mol. The molecule has 2 aliphatic rings. The minimum absolute atomic E-state index is 0.102. The third-order valence-electron chi connectivity index (χ3n) is 5.98. The minimum Gasteiger partial charge on any atom is -0.464 e. The molecule has 0 aliphatic carbocycles. The maximum Gasteiger partial charge on any atom is 0.227 e. The van der Waals surface area contributed by atoms with E-state index in [2.05, 4.69) is 13.0 Å². The normalized spacial score (nSPS) is 26.2. The fourth-order valence-corrected chi connectivity index (χ4v) is 4.53. The molecule has 0 radical (unpaired) electrons. The lowest BCUT2D eigenvalue weighted by Crippen LogP contribution is -2.41. The topological polar surface area (TPSA) is 62.9 Å². The maximum atomic E-state index is 12.9. The molecule has 2 saturated heterocycles. The lowest BCUT2D eigenvalue weighted by molar-refractivity contribution is -0.130. The number of likely N-dealkylation sites (tertiary alicyclic amines) is 1. The van der Waals surface area contributed by atoms with Crippen LogP contribution in [0.5, 0.6) is 0 Å². The number of furan rings is 1. The molecule has 2 aliphatic heterocycles. The molecule has 2 fully saturated rings. The number of aliphatic hydroxyl groups excluding tert-OH is 1. The third-order valence-corrected chi connectivity index (χ3v) is 5.98. The molecule has 25 heavy (non-hydrogen) atoms. The Balaban J connectivity index is 1.55. The summed E-state index contributed by atoms with van der Waals surface area (Å²) in [5.74, 6) is 0.338. The van der Waals surface area contributed by atoms with Crippen molar-refractivity contribution in [2.24, 2.45) is 11.3 Å². The number of amides is 1. The van der Waals surface area contributed by atoms with Crippen molar-refractivity contribution in [3.63, 3.8) is 0 Å². The summed E-state index contributed by atoms with van der Waals surface area (Å²) in [6.07, 6.45) is 2.88. The van der Waals surface area contributed by atoms with E-state index in [1.807, 2.05) is 17.9 Å². The van der Waals surface area contributed by atoms with Crippen LogP contribution in [0.15, 0.2) is 22.8 Å². The van der Waals surface area contributed by atoms with Gasteiger partial charge in [0, 0.05) is 42.0 Å². The van der Waals surface area contributed by atoms with Gasteiger partial charge in [0.15, 0.2) is 0 Å². The number of ether oxygens (including phenoxy) is 1. The summed E-state index contributed by atoms with van der Waals surface area (Å²) in [5.41, 5.74) is 3.91. The summed E-state index contributed by atoms with van der Waals surface area (Å²) in [5, 5.41) is 11.0. The summed E-state index contributed by atoms with van der Waals surface area (Å²) >= 11 is 0. The van der Waals surface area contributed by atoms with Crippen LogP contribution < -0.4 is 0 Å². The van der Waals surface area contributed by atoms with Crippen LogP contribution >= 0.6 is 0 Å². The molecule has 5 nitrogen and oxygen atoms in total. The van der Waals surface area contributed by atoms with E-state index in [1.165, 1.54) is 0 Å². The summed E-state index contributed by atoms with van der Waals surface area (Å²) in [4.78, 5) is 14.8. The predicted molar refractivity (Wildman–Crippen MR) is 94.4 cm³/mol. The smallest absolute Gasteiger partial charge is 0.227 e. The highest BCUT2D eigenvalue weighted by Gasteiger charge is 2.49. The molecule has 1 amide bonds. The molecule has 0 bridgehead atoms. The Bertz CT molecular complexity index is 811. The van der Waals surface area contributed by atoms with Gasteiger partial charge in [-0.3, -0.25) is 4.79 Å². The van der Waals surface area contributed by atoms with Crippen molar-refractivity contribution < 1.29 is 19.1 Å². The Labute approximate surface area is 147 Å². The predicted octanol–water partition coefficient (Wildman–Crippen LogP) is 2.45. The number of rotatable bonds is 3. The Hall–Kier alpha value is -1.85.